The summed E-state index contributed by atoms with van der Waals surface area (Å²) < 4.78 is 6.84. The molecule has 0 saturated heterocycles. The number of nitrogens with zero attached hydrogens (tertiary/aromatic N) is 1. The molecule has 0 bridgehead atoms. The summed E-state index contributed by atoms with van der Waals surface area (Å²) in [6.45, 7) is 0.903. The quantitative estimate of drug-likeness (QED) is 0.870. The Balaban J connectivity index is 1.91. The molecule has 1 N–H and O–H groups in total. The van der Waals surface area contributed by atoms with Crippen LogP contribution in [-0.4, -0.2) is 22.6 Å². The number of hydrogen-bond donors (Lipinski definition) is 1. The van der Waals surface area contributed by atoms with Crippen molar-refractivity contribution in [2.75, 3.05) is 6.54 Å². The molecule has 0 fully saturated rings. The second-order valence-corrected chi connectivity index (χ2v) is 5.44. The van der Waals surface area contributed by atoms with Crippen molar-refractivity contribution in [2.45, 2.75) is 13.0 Å². The van der Waals surface area contributed by atoms with E-state index >= 15 is 0 Å². The van der Waals surface area contributed by atoms with E-state index in [1.807, 2.05) is 30.3 Å². The number of carbonyl (C=O) groups is 1. The van der Waals surface area contributed by atoms with Gasteiger partial charge >= 0.3 is 6.09 Å². The van der Waals surface area contributed by atoms with Crippen molar-refractivity contribution in [3.8, 4) is 11.3 Å². The standard InChI is InChI=1S/C14H12BrNO3/c15-11-3-1-9(2-4-11)13-7-10-8-16(14(17)18)6-5-12(10)19-13/h1-4,7H,5-6,8H2,(H,17,18). The Hall–Kier alpha value is -1.75. The molecule has 3 rings (SSSR count). The molecule has 0 atom stereocenters. The summed E-state index contributed by atoms with van der Waals surface area (Å²) in [6, 6.07) is 9.81. The number of hydrogen-bond acceptors (Lipinski definition) is 2. The van der Waals surface area contributed by atoms with Gasteiger partial charge in [0.1, 0.15) is 11.5 Å². The van der Waals surface area contributed by atoms with Crippen LogP contribution in [0.5, 0.6) is 0 Å². The van der Waals surface area contributed by atoms with Crippen molar-refractivity contribution in [1.82, 2.24) is 4.90 Å². The summed E-state index contributed by atoms with van der Waals surface area (Å²) in [7, 11) is 0. The van der Waals surface area contributed by atoms with Gasteiger partial charge in [0.25, 0.3) is 0 Å². The van der Waals surface area contributed by atoms with Crippen LogP contribution in [0.4, 0.5) is 4.79 Å². The van der Waals surface area contributed by atoms with Gasteiger partial charge in [-0.2, -0.15) is 0 Å². The molecule has 0 radical (unpaired) electrons. The largest absolute Gasteiger partial charge is 0.465 e. The Labute approximate surface area is 118 Å². The second-order valence-electron chi connectivity index (χ2n) is 4.52. The molecule has 1 aromatic carbocycles. The fraction of sp³-hybridized carbons (Fsp3) is 0.214. The first kappa shape index (κ1) is 12.3. The number of benzene rings is 1. The molecule has 1 aliphatic rings. The lowest BCUT2D eigenvalue weighted by molar-refractivity contribution is 0.138. The third kappa shape index (κ3) is 2.38. The summed E-state index contributed by atoms with van der Waals surface area (Å²) in [5.41, 5.74) is 1.96. The smallest absolute Gasteiger partial charge is 0.407 e. The van der Waals surface area contributed by atoms with E-state index in [-0.39, 0.29) is 0 Å². The first-order valence-electron chi connectivity index (χ1n) is 5.99. The lowest BCUT2D eigenvalue weighted by Gasteiger charge is -2.22. The number of furan rings is 1. The molecular weight excluding hydrogens is 310 g/mol. The van der Waals surface area contributed by atoms with E-state index in [1.54, 1.807) is 0 Å². The Morgan fingerprint density at radius 1 is 1.32 bits per heavy atom. The first-order chi connectivity index (χ1) is 9.13. The second kappa shape index (κ2) is 4.74. The van der Waals surface area contributed by atoms with E-state index in [0.717, 1.165) is 27.1 Å². The van der Waals surface area contributed by atoms with Crippen LogP contribution in [0.1, 0.15) is 11.3 Å². The van der Waals surface area contributed by atoms with Crippen LogP contribution in [0.15, 0.2) is 39.2 Å². The van der Waals surface area contributed by atoms with Gasteiger partial charge in [-0.15, -0.1) is 0 Å². The molecule has 1 aromatic heterocycles. The average molecular weight is 322 g/mol. The Morgan fingerprint density at radius 2 is 2.05 bits per heavy atom. The van der Waals surface area contributed by atoms with Gasteiger partial charge in [-0.25, -0.2) is 4.79 Å². The minimum Gasteiger partial charge on any atom is -0.465 e. The molecule has 2 heterocycles. The number of fused-ring (bicyclic) bond motifs is 1. The SMILES string of the molecule is O=C(O)N1CCc2oc(-c3ccc(Br)cc3)cc2C1. The highest BCUT2D eigenvalue weighted by Crippen LogP contribution is 2.30. The monoisotopic (exact) mass is 321 g/mol. The van der Waals surface area contributed by atoms with Crippen LogP contribution >= 0.6 is 15.9 Å². The van der Waals surface area contributed by atoms with Crippen LogP contribution in [0, 0.1) is 0 Å². The van der Waals surface area contributed by atoms with Gasteiger partial charge in [0.05, 0.1) is 6.54 Å². The minimum absolute atomic E-state index is 0.407. The molecule has 0 aliphatic carbocycles. The van der Waals surface area contributed by atoms with Gasteiger partial charge in [0, 0.05) is 28.6 Å². The summed E-state index contributed by atoms with van der Waals surface area (Å²) in [5, 5.41) is 9.01. The predicted molar refractivity (Wildman–Crippen MR) is 74.0 cm³/mol. The fourth-order valence-electron chi connectivity index (χ4n) is 2.25. The van der Waals surface area contributed by atoms with Gasteiger partial charge in [-0.05, 0) is 18.2 Å². The van der Waals surface area contributed by atoms with E-state index in [9.17, 15) is 4.79 Å². The highest BCUT2D eigenvalue weighted by Gasteiger charge is 2.23. The predicted octanol–water partition coefficient (Wildman–Crippen LogP) is 3.75. The van der Waals surface area contributed by atoms with E-state index in [4.69, 9.17) is 9.52 Å². The van der Waals surface area contributed by atoms with Crippen LogP contribution in [-0.2, 0) is 13.0 Å². The number of carboxylic acid groups (broad SMARTS) is 1. The zero-order valence-electron chi connectivity index (χ0n) is 10.1. The van der Waals surface area contributed by atoms with Crippen LogP contribution in [0.3, 0.4) is 0 Å². The Bertz CT molecular complexity index is 618. The zero-order chi connectivity index (χ0) is 13.4. The molecule has 4 nitrogen and oxygen atoms in total. The van der Waals surface area contributed by atoms with Crippen molar-refractivity contribution < 1.29 is 14.3 Å². The number of halogens is 1. The highest BCUT2D eigenvalue weighted by atomic mass is 79.9. The lowest BCUT2D eigenvalue weighted by atomic mass is 10.1. The van der Waals surface area contributed by atoms with Gasteiger partial charge in [-0.3, -0.25) is 0 Å². The van der Waals surface area contributed by atoms with Crippen LogP contribution in [0.2, 0.25) is 0 Å². The maximum Gasteiger partial charge on any atom is 0.407 e. The molecule has 5 heteroatoms. The van der Waals surface area contributed by atoms with E-state index in [0.29, 0.717) is 19.5 Å². The van der Waals surface area contributed by atoms with Crippen molar-refractivity contribution in [3.63, 3.8) is 0 Å². The average Bonchev–Trinajstić information content (AvgIpc) is 2.82. The molecule has 2 aromatic rings. The van der Waals surface area contributed by atoms with Gasteiger partial charge in [-0.1, -0.05) is 28.1 Å². The van der Waals surface area contributed by atoms with Crippen molar-refractivity contribution in [1.29, 1.82) is 0 Å². The van der Waals surface area contributed by atoms with E-state index in [1.165, 1.54) is 4.90 Å². The van der Waals surface area contributed by atoms with E-state index in [2.05, 4.69) is 15.9 Å². The van der Waals surface area contributed by atoms with Crippen LogP contribution < -0.4 is 0 Å². The van der Waals surface area contributed by atoms with Crippen molar-refractivity contribution in [3.05, 3.63) is 46.1 Å². The van der Waals surface area contributed by atoms with Crippen molar-refractivity contribution in [2.24, 2.45) is 0 Å². The third-order valence-electron chi connectivity index (χ3n) is 3.27. The minimum atomic E-state index is -0.878. The molecule has 1 amide bonds. The molecular formula is C14H12BrNO3. The normalized spacial score (nSPS) is 14.3. The molecule has 1 aliphatic heterocycles. The molecule has 0 saturated carbocycles. The summed E-state index contributed by atoms with van der Waals surface area (Å²) in [5.74, 6) is 1.69. The Kier molecular flexibility index (Phi) is 3.06. The number of rotatable bonds is 1. The van der Waals surface area contributed by atoms with Gasteiger partial charge in [0.2, 0.25) is 0 Å². The van der Waals surface area contributed by atoms with E-state index < -0.39 is 6.09 Å². The zero-order valence-corrected chi connectivity index (χ0v) is 11.7. The topological polar surface area (TPSA) is 53.7 Å². The lowest BCUT2D eigenvalue weighted by Crippen LogP contribution is -2.34. The molecule has 0 unspecified atom stereocenters. The van der Waals surface area contributed by atoms with Gasteiger partial charge < -0.3 is 14.4 Å². The molecule has 98 valence electrons. The fourth-order valence-corrected chi connectivity index (χ4v) is 2.52. The number of amides is 1. The first-order valence-corrected chi connectivity index (χ1v) is 6.78. The highest BCUT2D eigenvalue weighted by molar-refractivity contribution is 9.10. The maximum absolute atomic E-state index is 11.0. The third-order valence-corrected chi connectivity index (χ3v) is 3.79. The summed E-state index contributed by atoms with van der Waals surface area (Å²) >= 11 is 3.40. The van der Waals surface area contributed by atoms with Crippen LogP contribution in [0.25, 0.3) is 11.3 Å². The maximum atomic E-state index is 11.0. The molecule has 19 heavy (non-hydrogen) atoms. The summed E-state index contributed by atoms with van der Waals surface area (Å²) in [4.78, 5) is 12.4. The van der Waals surface area contributed by atoms with Gasteiger partial charge in [0.15, 0.2) is 0 Å². The van der Waals surface area contributed by atoms with Crippen molar-refractivity contribution >= 4 is 22.0 Å². The Morgan fingerprint density at radius 3 is 2.74 bits per heavy atom. The summed E-state index contributed by atoms with van der Waals surface area (Å²) in [6.07, 6.45) is -0.241. The molecule has 0 spiro atoms.